The van der Waals surface area contributed by atoms with Crippen LogP contribution in [0.5, 0.6) is 0 Å². The highest BCUT2D eigenvalue weighted by Crippen LogP contribution is 2.09. The molecule has 0 saturated heterocycles. The summed E-state index contributed by atoms with van der Waals surface area (Å²) in [6.07, 6.45) is 19.5. The first kappa shape index (κ1) is 24.2. The van der Waals surface area contributed by atoms with Gasteiger partial charge in [-0.3, -0.25) is 0 Å². The summed E-state index contributed by atoms with van der Waals surface area (Å²) in [5.41, 5.74) is 0. The first-order valence-electron chi connectivity index (χ1n) is 10.0. The fourth-order valence-corrected chi connectivity index (χ4v) is 2.49. The summed E-state index contributed by atoms with van der Waals surface area (Å²) in [7, 11) is 0. The molecular weight excluding hydrogens is 272 g/mol. The lowest BCUT2D eigenvalue weighted by atomic mass is 10.1. The summed E-state index contributed by atoms with van der Waals surface area (Å²) in [5, 5.41) is 17.1. The van der Waals surface area contributed by atoms with Crippen molar-refractivity contribution in [1.82, 2.24) is 0 Å². The lowest BCUT2D eigenvalue weighted by Gasteiger charge is -2.02. The molecule has 0 aromatic carbocycles. The van der Waals surface area contributed by atoms with Gasteiger partial charge in [0.15, 0.2) is 6.29 Å². The second-order valence-corrected chi connectivity index (χ2v) is 6.51. The third-order valence-electron chi connectivity index (χ3n) is 4.02. The van der Waals surface area contributed by atoms with Crippen molar-refractivity contribution in [3.63, 3.8) is 0 Å². The van der Waals surface area contributed by atoms with Crippen molar-refractivity contribution in [1.29, 1.82) is 0 Å². The minimum absolute atomic E-state index is 0.535. The third kappa shape index (κ3) is 28.1. The Morgan fingerprint density at radius 3 is 1.00 bits per heavy atom. The molecule has 0 aliphatic heterocycles. The smallest absolute Gasteiger partial charge is 0.151 e. The fourth-order valence-electron chi connectivity index (χ4n) is 2.49. The van der Waals surface area contributed by atoms with Gasteiger partial charge in [-0.1, -0.05) is 111 Å². The number of hydrogen-bond acceptors (Lipinski definition) is 2. The summed E-state index contributed by atoms with van der Waals surface area (Å²) in [4.78, 5) is 0. The van der Waals surface area contributed by atoms with E-state index in [2.05, 4.69) is 20.8 Å². The summed E-state index contributed by atoms with van der Waals surface area (Å²) in [5.74, 6) is 0. The van der Waals surface area contributed by atoms with E-state index in [0.717, 1.165) is 12.8 Å². The molecule has 0 aliphatic carbocycles. The van der Waals surface area contributed by atoms with Crippen molar-refractivity contribution in [2.24, 2.45) is 0 Å². The molecule has 0 heterocycles. The molecule has 0 aromatic rings. The summed E-state index contributed by atoms with van der Waals surface area (Å²) in [6.45, 7) is 6.75. The van der Waals surface area contributed by atoms with Gasteiger partial charge in [-0.25, -0.2) is 0 Å². The molecule has 2 heteroatoms. The van der Waals surface area contributed by atoms with Gasteiger partial charge in [-0.2, -0.15) is 0 Å². The van der Waals surface area contributed by atoms with E-state index < -0.39 is 6.29 Å². The van der Waals surface area contributed by atoms with Crippen LogP contribution in [-0.4, -0.2) is 16.5 Å². The van der Waals surface area contributed by atoms with Crippen LogP contribution in [0.25, 0.3) is 0 Å². The third-order valence-corrected chi connectivity index (χ3v) is 4.02. The molecule has 136 valence electrons. The molecule has 22 heavy (non-hydrogen) atoms. The van der Waals surface area contributed by atoms with Gasteiger partial charge in [-0.15, -0.1) is 0 Å². The maximum Gasteiger partial charge on any atom is 0.151 e. The van der Waals surface area contributed by atoms with Gasteiger partial charge < -0.3 is 10.2 Å². The minimum atomic E-state index is -1.10. The molecule has 0 fully saturated rings. The Balaban J connectivity index is 0. The van der Waals surface area contributed by atoms with Gasteiger partial charge in [0.25, 0.3) is 0 Å². The summed E-state index contributed by atoms with van der Waals surface area (Å²) < 4.78 is 0. The van der Waals surface area contributed by atoms with E-state index in [1.807, 2.05) is 0 Å². The minimum Gasteiger partial charge on any atom is -0.368 e. The van der Waals surface area contributed by atoms with Crippen LogP contribution in [0.3, 0.4) is 0 Å². The van der Waals surface area contributed by atoms with Crippen LogP contribution in [-0.2, 0) is 0 Å². The molecule has 0 saturated carbocycles. The highest BCUT2D eigenvalue weighted by molar-refractivity contribution is 4.46. The molecular formula is C20H44O2. The van der Waals surface area contributed by atoms with Gasteiger partial charge >= 0.3 is 0 Å². The SMILES string of the molecule is CCCCCCCCCC.CCCCCCCCCC(O)O. The number of unbranched alkanes of at least 4 members (excludes halogenated alkanes) is 13. The zero-order valence-corrected chi connectivity index (χ0v) is 15.8. The van der Waals surface area contributed by atoms with E-state index in [1.165, 1.54) is 83.5 Å². The molecule has 0 rings (SSSR count). The summed E-state index contributed by atoms with van der Waals surface area (Å²) >= 11 is 0. The zero-order valence-electron chi connectivity index (χ0n) is 15.8. The average molecular weight is 317 g/mol. The molecule has 0 radical (unpaired) electrons. The Kier molecular flexibility index (Phi) is 25.5. The van der Waals surface area contributed by atoms with Crippen molar-refractivity contribution < 1.29 is 10.2 Å². The monoisotopic (exact) mass is 316 g/mol. The van der Waals surface area contributed by atoms with Crippen molar-refractivity contribution in [3.8, 4) is 0 Å². The van der Waals surface area contributed by atoms with Gasteiger partial charge in [0.05, 0.1) is 0 Å². The first-order chi connectivity index (χ1) is 10.7. The van der Waals surface area contributed by atoms with Crippen molar-refractivity contribution in [3.05, 3.63) is 0 Å². The van der Waals surface area contributed by atoms with Crippen LogP contribution in [0.2, 0.25) is 0 Å². The Morgan fingerprint density at radius 1 is 0.455 bits per heavy atom. The second-order valence-electron chi connectivity index (χ2n) is 6.51. The van der Waals surface area contributed by atoms with Crippen LogP contribution < -0.4 is 0 Å². The van der Waals surface area contributed by atoms with Gasteiger partial charge in [0, 0.05) is 0 Å². The Morgan fingerprint density at radius 2 is 0.727 bits per heavy atom. The van der Waals surface area contributed by atoms with Gasteiger partial charge in [0.1, 0.15) is 0 Å². The number of hydrogen-bond donors (Lipinski definition) is 2. The predicted molar refractivity (Wildman–Crippen MR) is 99.1 cm³/mol. The molecule has 0 amide bonds. The van der Waals surface area contributed by atoms with Crippen LogP contribution >= 0.6 is 0 Å². The van der Waals surface area contributed by atoms with E-state index in [-0.39, 0.29) is 0 Å². The molecule has 0 atom stereocenters. The van der Waals surface area contributed by atoms with Crippen LogP contribution in [0.15, 0.2) is 0 Å². The maximum atomic E-state index is 8.55. The Labute approximate surface area is 140 Å². The second kappa shape index (κ2) is 23.2. The molecule has 0 aromatic heterocycles. The van der Waals surface area contributed by atoms with Crippen LogP contribution in [0, 0.1) is 0 Å². The zero-order chi connectivity index (χ0) is 16.9. The Hall–Kier alpha value is -0.0800. The van der Waals surface area contributed by atoms with Gasteiger partial charge in [0.2, 0.25) is 0 Å². The number of rotatable bonds is 15. The van der Waals surface area contributed by atoms with E-state index in [4.69, 9.17) is 10.2 Å². The van der Waals surface area contributed by atoms with E-state index in [1.54, 1.807) is 0 Å². The maximum absolute atomic E-state index is 8.55. The van der Waals surface area contributed by atoms with Gasteiger partial charge in [-0.05, 0) is 12.8 Å². The normalized spacial score (nSPS) is 10.6. The van der Waals surface area contributed by atoms with E-state index in [0.29, 0.717) is 6.42 Å². The molecule has 0 bridgehead atoms. The lowest BCUT2D eigenvalue weighted by Crippen LogP contribution is -2.02. The average Bonchev–Trinajstić information content (AvgIpc) is 2.50. The molecule has 0 aliphatic rings. The van der Waals surface area contributed by atoms with Crippen LogP contribution in [0.1, 0.15) is 124 Å². The van der Waals surface area contributed by atoms with E-state index in [9.17, 15) is 0 Å². The van der Waals surface area contributed by atoms with Crippen LogP contribution in [0.4, 0.5) is 0 Å². The predicted octanol–water partition coefficient (Wildman–Crippen LogP) is 6.58. The molecule has 0 spiro atoms. The molecule has 2 N–H and O–H groups in total. The largest absolute Gasteiger partial charge is 0.368 e. The lowest BCUT2D eigenvalue weighted by molar-refractivity contribution is -0.0466. The van der Waals surface area contributed by atoms with Crippen molar-refractivity contribution in [2.45, 2.75) is 130 Å². The summed E-state index contributed by atoms with van der Waals surface area (Å²) in [6, 6.07) is 0. The fraction of sp³-hybridized carbons (Fsp3) is 1.00. The van der Waals surface area contributed by atoms with Crippen molar-refractivity contribution in [2.75, 3.05) is 0 Å². The quantitative estimate of drug-likeness (QED) is 0.264. The Bertz CT molecular complexity index is 161. The molecule has 2 nitrogen and oxygen atoms in total. The highest BCUT2D eigenvalue weighted by atomic mass is 16.5. The highest BCUT2D eigenvalue weighted by Gasteiger charge is 1.96. The molecule has 0 unspecified atom stereocenters. The van der Waals surface area contributed by atoms with E-state index >= 15 is 0 Å². The first-order valence-corrected chi connectivity index (χ1v) is 10.0. The number of aliphatic hydroxyl groups excluding tert-OH is 1. The van der Waals surface area contributed by atoms with Crippen molar-refractivity contribution >= 4 is 0 Å². The number of aliphatic hydroxyl groups is 2. The standard InChI is InChI=1S/C10H22O2.C10H22/c1-2-3-4-5-6-7-8-9-10(11)12;1-3-5-7-9-10-8-6-4-2/h10-12H,2-9H2,1H3;3-10H2,1-2H3. The topological polar surface area (TPSA) is 40.5 Å².